The van der Waals surface area contributed by atoms with Crippen molar-refractivity contribution in [3.05, 3.63) is 124 Å². The maximum atomic E-state index is 14.3. The van der Waals surface area contributed by atoms with Gasteiger partial charge in [-0.15, -0.1) is 0 Å². The van der Waals surface area contributed by atoms with Crippen LogP contribution in [0.15, 0.2) is 84.0 Å². The Morgan fingerprint density at radius 2 is 1.72 bits per heavy atom. The van der Waals surface area contributed by atoms with E-state index >= 15 is 0 Å². The number of fused-ring (bicyclic) bond motifs is 1. The van der Waals surface area contributed by atoms with Crippen LogP contribution >= 0.6 is 0 Å². The highest BCUT2D eigenvalue weighted by molar-refractivity contribution is 5.95. The van der Waals surface area contributed by atoms with E-state index in [4.69, 9.17) is 0 Å². The van der Waals surface area contributed by atoms with Gasteiger partial charge in [0.05, 0.1) is 11.9 Å². The Hall–Kier alpha value is -4.03. The van der Waals surface area contributed by atoms with E-state index in [9.17, 15) is 9.18 Å². The van der Waals surface area contributed by atoms with Crippen molar-refractivity contribution in [1.29, 1.82) is 0 Å². The van der Waals surface area contributed by atoms with Crippen molar-refractivity contribution in [2.45, 2.75) is 33.4 Å². The number of nitrogens with zero attached hydrogens (tertiary/aromatic N) is 3. The lowest BCUT2D eigenvalue weighted by atomic mass is 9.99. The number of rotatable bonds is 6. The molecule has 5 rings (SSSR count). The summed E-state index contributed by atoms with van der Waals surface area (Å²) in [7, 11) is 0. The Kier molecular flexibility index (Phi) is 6.78. The Bertz CT molecular complexity index is 1420. The van der Waals surface area contributed by atoms with Crippen molar-refractivity contribution in [3.63, 3.8) is 0 Å². The normalized spacial score (nSPS) is 13.6. The standard InChI is InChI=1S/C30H29FN4O/c1-21-17-27(22(2)35(21)29-10-6-5-9-28(29)31)18-32-33-30(36)25-13-11-23(12-14-25)19-34-16-15-24-7-3-4-8-26(24)20-34/h3-14,17-18H,15-16,19-20H2,1-2H3,(H,33,36)/b32-18-. The average molecular weight is 481 g/mol. The average Bonchev–Trinajstić information content (AvgIpc) is 3.17. The second-order valence-corrected chi connectivity index (χ2v) is 9.24. The number of hydrazone groups is 1. The predicted molar refractivity (Wildman–Crippen MR) is 141 cm³/mol. The fraction of sp³-hybridized carbons (Fsp3) is 0.200. The number of hydrogen-bond donors (Lipinski definition) is 1. The van der Waals surface area contributed by atoms with Gasteiger partial charge in [0, 0.05) is 42.1 Å². The van der Waals surface area contributed by atoms with Gasteiger partial charge in [0.15, 0.2) is 0 Å². The van der Waals surface area contributed by atoms with Crippen LogP contribution in [-0.2, 0) is 19.5 Å². The first-order valence-electron chi connectivity index (χ1n) is 12.1. The molecule has 1 aromatic heterocycles. The van der Waals surface area contributed by atoms with E-state index < -0.39 is 0 Å². The van der Waals surface area contributed by atoms with Crippen LogP contribution in [0.25, 0.3) is 5.69 Å². The molecule has 3 aromatic carbocycles. The molecule has 0 unspecified atom stereocenters. The Morgan fingerprint density at radius 3 is 2.50 bits per heavy atom. The molecule has 4 aromatic rings. The van der Waals surface area contributed by atoms with E-state index in [1.165, 1.54) is 22.8 Å². The number of aromatic nitrogens is 1. The molecular formula is C30H29FN4O. The maximum absolute atomic E-state index is 14.3. The highest BCUT2D eigenvalue weighted by Crippen LogP contribution is 2.22. The number of hydrogen-bond acceptors (Lipinski definition) is 3. The number of carbonyl (C=O) groups is 1. The Balaban J connectivity index is 1.20. The van der Waals surface area contributed by atoms with Crippen LogP contribution in [-0.4, -0.2) is 28.1 Å². The van der Waals surface area contributed by atoms with Gasteiger partial charge >= 0.3 is 0 Å². The molecule has 0 atom stereocenters. The third-order valence-corrected chi connectivity index (χ3v) is 6.77. The van der Waals surface area contributed by atoms with E-state index in [1.54, 1.807) is 18.3 Å². The van der Waals surface area contributed by atoms with Crippen molar-refractivity contribution in [2.75, 3.05) is 6.54 Å². The first-order valence-corrected chi connectivity index (χ1v) is 12.1. The molecule has 0 saturated carbocycles. The molecule has 0 radical (unpaired) electrons. The molecule has 0 saturated heterocycles. The van der Waals surface area contributed by atoms with Gasteiger partial charge in [-0.25, -0.2) is 9.82 Å². The molecule has 1 aliphatic rings. The number of para-hydroxylation sites is 1. The molecule has 0 fully saturated rings. The zero-order valence-electron chi connectivity index (χ0n) is 20.5. The van der Waals surface area contributed by atoms with Gasteiger partial charge < -0.3 is 4.57 Å². The SMILES string of the molecule is Cc1cc(/C=N\NC(=O)c2ccc(CN3CCc4ccccc4C3)cc2)c(C)n1-c1ccccc1F. The minimum Gasteiger partial charge on any atom is -0.315 e. The van der Waals surface area contributed by atoms with Gasteiger partial charge in [-0.1, -0.05) is 48.5 Å². The number of halogens is 1. The quantitative estimate of drug-likeness (QED) is 0.290. The highest BCUT2D eigenvalue weighted by atomic mass is 19.1. The van der Waals surface area contributed by atoms with Crippen LogP contribution < -0.4 is 5.43 Å². The largest absolute Gasteiger partial charge is 0.315 e. The van der Waals surface area contributed by atoms with E-state index in [0.717, 1.165) is 43.0 Å². The predicted octanol–water partition coefficient (Wildman–Crippen LogP) is 5.56. The molecule has 1 aliphatic heterocycles. The summed E-state index contributed by atoms with van der Waals surface area (Å²) in [6.07, 6.45) is 2.66. The van der Waals surface area contributed by atoms with Gasteiger partial charge in [0.25, 0.3) is 5.91 Å². The van der Waals surface area contributed by atoms with E-state index in [1.807, 2.05) is 54.8 Å². The van der Waals surface area contributed by atoms with Crippen LogP contribution in [0.5, 0.6) is 0 Å². The van der Waals surface area contributed by atoms with Crippen molar-refractivity contribution < 1.29 is 9.18 Å². The Labute approximate surface area is 210 Å². The third kappa shape index (κ3) is 4.99. The summed E-state index contributed by atoms with van der Waals surface area (Å²) in [6, 6.07) is 24.9. The van der Waals surface area contributed by atoms with Gasteiger partial charge in [-0.2, -0.15) is 5.10 Å². The van der Waals surface area contributed by atoms with Crippen LogP contribution in [0.1, 0.15) is 44.0 Å². The minimum absolute atomic E-state index is 0.271. The fourth-order valence-corrected chi connectivity index (χ4v) is 4.86. The molecule has 182 valence electrons. The minimum atomic E-state index is -0.287. The van der Waals surface area contributed by atoms with Gasteiger partial charge in [-0.3, -0.25) is 9.69 Å². The lowest BCUT2D eigenvalue weighted by Crippen LogP contribution is -2.30. The van der Waals surface area contributed by atoms with Crippen LogP contribution in [0.4, 0.5) is 4.39 Å². The zero-order chi connectivity index (χ0) is 25.1. The first-order chi connectivity index (χ1) is 17.5. The van der Waals surface area contributed by atoms with Crippen molar-refractivity contribution in [1.82, 2.24) is 14.9 Å². The number of amides is 1. The van der Waals surface area contributed by atoms with Crippen molar-refractivity contribution in [2.24, 2.45) is 5.10 Å². The van der Waals surface area contributed by atoms with Crippen molar-refractivity contribution in [3.8, 4) is 5.69 Å². The van der Waals surface area contributed by atoms with E-state index in [2.05, 4.69) is 39.7 Å². The van der Waals surface area contributed by atoms with Gasteiger partial charge in [0.1, 0.15) is 5.82 Å². The number of benzene rings is 3. The van der Waals surface area contributed by atoms with Gasteiger partial charge in [0.2, 0.25) is 0 Å². The van der Waals surface area contributed by atoms with E-state index in [0.29, 0.717) is 11.3 Å². The molecule has 0 spiro atoms. The summed E-state index contributed by atoms with van der Waals surface area (Å²) in [4.78, 5) is 15.0. The second-order valence-electron chi connectivity index (χ2n) is 9.24. The number of nitrogens with one attached hydrogen (secondary N) is 1. The molecule has 5 nitrogen and oxygen atoms in total. The second kappa shape index (κ2) is 10.3. The topological polar surface area (TPSA) is 49.6 Å². The molecule has 0 bridgehead atoms. The molecule has 36 heavy (non-hydrogen) atoms. The smallest absolute Gasteiger partial charge is 0.271 e. The number of carbonyl (C=O) groups excluding carboxylic acids is 1. The van der Waals surface area contributed by atoms with Crippen LogP contribution in [0, 0.1) is 19.7 Å². The lowest BCUT2D eigenvalue weighted by Gasteiger charge is -2.28. The summed E-state index contributed by atoms with van der Waals surface area (Å²) in [5.74, 6) is -0.558. The third-order valence-electron chi connectivity index (χ3n) is 6.77. The van der Waals surface area contributed by atoms with Crippen molar-refractivity contribution >= 4 is 12.1 Å². The molecule has 2 heterocycles. The summed E-state index contributed by atoms with van der Waals surface area (Å²) >= 11 is 0. The highest BCUT2D eigenvalue weighted by Gasteiger charge is 2.16. The molecule has 0 aliphatic carbocycles. The zero-order valence-corrected chi connectivity index (χ0v) is 20.5. The van der Waals surface area contributed by atoms with Crippen LogP contribution in [0.2, 0.25) is 0 Å². The fourth-order valence-electron chi connectivity index (χ4n) is 4.86. The number of aryl methyl sites for hydroxylation is 1. The summed E-state index contributed by atoms with van der Waals surface area (Å²) in [5, 5.41) is 4.15. The first kappa shape index (κ1) is 23.7. The molecule has 6 heteroatoms. The molecule has 1 amide bonds. The summed E-state index contributed by atoms with van der Waals surface area (Å²) in [6.45, 7) is 6.66. The van der Waals surface area contributed by atoms with Crippen LogP contribution in [0.3, 0.4) is 0 Å². The maximum Gasteiger partial charge on any atom is 0.271 e. The monoisotopic (exact) mass is 480 g/mol. The summed E-state index contributed by atoms with van der Waals surface area (Å²) in [5.41, 5.74) is 10.2. The molecular weight excluding hydrogens is 451 g/mol. The lowest BCUT2D eigenvalue weighted by molar-refractivity contribution is 0.0955. The molecule has 1 N–H and O–H groups in total. The Morgan fingerprint density at radius 1 is 1.00 bits per heavy atom. The summed E-state index contributed by atoms with van der Waals surface area (Å²) < 4.78 is 16.1. The van der Waals surface area contributed by atoms with E-state index in [-0.39, 0.29) is 11.7 Å². The van der Waals surface area contributed by atoms with Gasteiger partial charge in [-0.05, 0) is 67.3 Å².